The van der Waals surface area contributed by atoms with Gasteiger partial charge in [0, 0.05) is 33.6 Å². The lowest BCUT2D eigenvalue weighted by Gasteiger charge is -2.27. The average Bonchev–Trinajstić information content (AvgIpc) is 2.68. The largest absolute Gasteiger partial charge is 0.378 e. The second-order valence-corrected chi connectivity index (χ2v) is 7.14. The number of amides is 2. The van der Waals surface area contributed by atoms with Crippen molar-refractivity contribution in [1.29, 1.82) is 0 Å². The average molecular weight is 465 g/mol. The Hall–Kier alpha value is -2.13. The van der Waals surface area contributed by atoms with E-state index in [2.05, 4.69) is 33.2 Å². The number of rotatable bonds is 5. The highest BCUT2D eigenvalue weighted by Crippen LogP contribution is 2.14. The molecule has 1 saturated heterocycles. The maximum atomic E-state index is 12.5. The maximum absolute atomic E-state index is 12.5. The van der Waals surface area contributed by atoms with E-state index in [4.69, 9.17) is 4.74 Å². The molecule has 2 amide bonds. The van der Waals surface area contributed by atoms with Gasteiger partial charge in [-0.3, -0.25) is 9.59 Å². The lowest BCUT2D eigenvalue weighted by molar-refractivity contribution is -0.114. The van der Waals surface area contributed by atoms with Gasteiger partial charge in [0.25, 0.3) is 5.91 Å². The zero-order valence-electron chi connectivity index (χ0n) is 14.2. The van der Waals surface area contributed by atoms with Gasteiger partial charge in [0.1, 0.15) is 0 Å². The summed E-state index contributed by atoms with van der Waals surface area (Å²) in [4.78, 5) is 26.4. The van der Waals surface area contributed by atoms with Crippen LogP contribution in [0.4, 0.5) is 11.4 Å². The first-order valence-corrected chi connectivity index (χ1v) is 9.46. The van der Waals surface area contributed by atoms with Gasteiger partial charge < -0.3 is 20.3 Å². The molecule has 7 heteroatoms. The fraction of sp³-hybridized carbons (Fsp3) is 0.263. The molecule has 2 aromatic carbocycles. The first kappa shape index (κ1) is 18.7. The number of hydrogen-bond acceptors (Lipinski definition) is 4. The second-order valence-electron chi connectivity index (χ2n) is 5.89. The molecule has 0 aliphatic carbocycles. The lowest BCUT2D eigenvalue weighted by Crippen LogP contribution is -2.40. The number of ether oxygens (including phenoxy) is 1. The Balaban J connectivity index is 1.55. The van der Waals surface area contributed by atoms with Crippen LogP contribution < -0.4 is 10.6 Å². The molecule has 6 nitrogen and oxygen atoms in total. The van der Waals surface area contributed by atoms with Crippen molar-refractivity contribution in [2.45, 2.75) is 0 Å². The van der Waals surface area contributed by atoms with Crippen LogP contribution in [0.15, 0.2) is 48.5 Å². The number of halogens is 1. The van der Waals surface area contributed by atoms with E-state index in [1.54, 1.807) is 17.0 Å². The van der Waals surface area contributed by atoms with Crippen molar-refractivity contribution < 1.29 is 14.3 Å². The number of hydrogen-bond donors (Lipinski definition) is 2. The van der Waals surface area contributed by atoms with Gasteiger partial charge in [0.2, 0.25) is 5.91 Å². The van der Waals surface area contributed by atoms with Crippen LogP contribution in [0.1, 0.15) is 10.4 Å². The molecule has 0 saturated carbocycles. The molecule has 0 unspecified atom stereocenters. The molecule has 1 fully saturated rings. The molecule has 136 valence electrons. The topological polar surface area (TPSA) is 70.7 Å². The Morgan fingerprint density at radius 3 is 2.50 bits per heavy atom. The van der Waals surface area contributed by atoms with Crippen LogP contribution >= 0.6 is 22.6 Å². The minimum absolute atomic E-state index is 0.0136. The SMILES string of the molecule is O=C(CNc1cccc(C(=O)N2CCOCC2)c1)Nc1ccc(I)cc1. The summed E-state index contributed by atoms with van der Waals surface area (Å²) in [5.74, 6) is -0.156. The number of carbonyl (C=O) groups is 2. The lowest BCUT2D eigenvalue weighted by atomic mass is 10.1. The zero-order valence-corrected chi connectivity index (χ0v) is 16.4. The normalized spacial score (nSPS) is 14.0. The summed E-state index contributed by atoms with van der Waals surface area (Å²) in [5, 5.41) is 5.90. The molecule has 1 heterocycles. The van der Waals surface area contributed by atoms with Crippen LogP contribution in [0.2, 0.25) is 0 Å². The fourth-order valence-corrected chi connectivity index (χ4v) is 2.99. The minimum atomic E-state index is -0.142. The Bertz CT molecular complexity index is 774. The van der Waals surface area contributed by atoms with Crippen LogP contribution in [0, 0.1) is 3.57 Å². The highest BCUT2D eigenvalue weighted by atomic mass is 127. The summed E-state index contributed by atoms with van der Waals surface area (Å²) in [5.41, 5.74) is 2.10. The van der Waals surface area contributed by atoms with Crippen LogP contribution in [0.25, 0.3) is 0 Å². The predicted molar refractivity (Wildman–Crippen MR) is 109 cm³/mol. The van der Waals surface area contributed by atoms with Crippen molar-refractivity contribution in [3.8, 4) is 0 Å². The van der Waals surface area contributed by atoms with Crippen molar-refractivity contribution in [3.63, 3.8) is 0 Å². The van der Waals surface area contributed by atoms with Gasteiger partial charge in [0.15, 0.2) is 0 Å². The molecule has 3 rings (SSSR count). The number of anilines is 2. The van der Waals surface area contributed by atoms with Gasteiger partial charge in [-0.1, -0.05) is 6.07 Å². The standard InChI is InChI=1S/C19H20IN3O3/c20-15-4-6-16(7-5-15)22-18(24)13-21-17-3-1-2-14(12-17)19(25)23-8-10-26-11-9-23/h1-7,12,21H,8-11,13H2,(H,22,24). The summed E-state index contributed by atoms with van der Waals surface area (Å²) in [7, 11) is 0. The van der Waals surface area contributed by atoms with Crippen molar-refractivity contribution in [2.75, 3.05) is 43.5 Å². The van der Waals surface area contributed by atoms with Gasteiger partial charge in [-0.2, -0.15) is 0 Å². The molecule has 0 spiro atoms. The van der Waals surface area contributed by atoms with E-state index in [1.165, 1.54) is 0 Å². The molecule has 2 N–H and O–H groups in total. The van der Waals surface area contributed by atoms with Crippen LogP contribution in [-0.4, -0.2) is 49.6 Å². The van der Waals surface area contributed by atoms with Gasteiger partial charge in [0.05, 0.1) is 19.8 Å². The Labute approximate surface area is 166 Å². The monoisotopic (exact) mass is 465 g/mol. The summed E-state index contributed by atoms with van der Waals surface area (Å²) in [6.07, 6.45) is 0. The van der Waals surface area contributed by atoms with E-state index in [9.17, 15) is 9.59 Å². The fourth-order valence-electron chi connectivity index (χ4n) is 2.63. The molecular weight excluding hydrogens is 445 g/mol. The molecule has 0 aromatic heterocycles. The van der Waals surface area contributed by atoms with Crippen LogP contribution in [0.5, 0.6) is 0 Å². The quantitative estimate of drug-likeness (QED) is 0.667. The van der Waals surface area contributed by atoms with Crippen molar-refractivity contribution >= 4 is 45.8 Å². The Kier molecular flexibility index (Phi) is 6.45. The summed E-state index contributed by atoms with van der Waals surface area (Å²) in [6.45, 7) is 2.48. The molecule has 0 radical (unpaired) electrons. The molecule has 0 atom stereocenters. The van der Waals surface area contributed by atoms with Crippen molar-refractivity contribution in [3.05, 3.63) is 57.7 Å². The molecule has 1 aliphatic rings. The molecular formula is C19H20IN3O3. The smallest absolute Gasteiger partial charge is 0.254 e. The number of benzene rings is 2. The number of nitrogens with one attached hydrogen (secondary N) is 2. The van der Waals surface area contributed by atoms with Crippen LogP contribution in [0.3, 0.4) is 0 Å². The molecule has 2 aromatic rings. The minimum Gasteiger partial charge on any atom is -0.378 e. The third-order valence-corrected chi connectivity index (χ3v) is 4.71. The maximum Gasteiger partial charge on any atom is 0.254 e. The highest BCUT2D eigenvalue weighted by Gasteiger charge is 2.18. The summed E-state index contributed by atoms with van der Waals surface area (Å²) in [6, 6.07) is 14.8. The molecule has 0 bridgehead atoms. The second kappa shape index (κ2) is 9.00. The third-order valence-electron chi connectivity index (χ3n) is 3.99. The van der Waals surface area contributed by atoms with E-state index in [0.717, 1.165) is 14.9 Å². The number of carbonyl (C=O) groups excluding carboxylic acids is 2. The number of morpholine rings is 1. The van der Waals surface area contributed by atoms with E-state index in [1.807, 2.05) is 36.4 Å². The van der Waals surface area contributed by atoms with E-state index in [0.29, 0.717) is 31.9 Å². The van der Waals surface area contributed by atoms with Crippen molar-refractivity contribution in [2.24, 2.45) is 0 Å². The van der Waals surface area contributed by atoms with Gasteiger partial charge >= 0.3 is 0 Å². The number of nitrogens with zero attached hydrogens (tertiary/aromatic N) is 1. The summed E-state index contributed by atoms with van der Waals surface area (Å²) < 4.78 is 6.39. The van der Waals surface area contributed by atoms with Gasteiger partial charge in [-0.15, -0.1) is 0 Å². The summed E-state index contributed by atoms with van der Waals surface area (Å²) >= 11 is 2.22. The Morgan fingerprint density at radius 2 is 1.77 bits per heavy atom. The molecule has 26 heavy (non-hydrogen) atoms. The molecule has 1 aliphatic heterocycles. The van der Waals surface area contributed by atoms with E-state index >= 15 is 0 Å². The first-order valence-electron chi connectivity index (χ1n) is 8.38. The first-order chi connectivity index (χ1) is 12.6. The van der Waals surface area contributed by atoms with E-state index in [-0.39, 0.29) is 18.4 Å². The Morgan fingerprint density at radius 1 is 1.04 bits per heavy atom. The van der Waals surface area contributed by atoms with Gasteiger partial charge in [-0.25, -0.2) is 0 Å². The third kappa shape index (κ3) is 5.18. The predicted octanol–water partition coefficient (Wildman–Crippen LogP) is 2.81. The van der Waals surface area contributed by atoms with Crippen molar-refractivity contribution in [1.82, 2.24) is 4.90 Å². The van der Waals surface area contributed by atoms with Crippen LogP contribution in [-0.2, 0) is 9.53 Å². The zero-order chi connectivity index (χ0) is 18.4. The highest BCUT2D eigenvalue weighted by molar-refractivity contribution is 14.1. The van der Waals surface area contributed by atoms with Gasteiger partial charge in [-0.05, 0) is 65.1 Å². The van der Waals surface area contributed by atoms with E-state index < -0.39 is 0 Å².